The monoisotopic (exact) mass is 460 g/mol. The normalized spacial score (nSPS) is 19.9. The molecule has 5 nitrogen and oxygen atoms in total. The quantitative estimate of drug-likeness (QED) is 0.662. The smallest absolute Gasteiger partial charge is 0.243 e. The van der Waals surface area contributed by atoms with E-state index in [1.165, 1.54) is 6.07 Å². The summed E-state index contributed by atoms with van der Waals surface area (Å²) in [5, 5.41) is 0. The average Bonchev–Trinajstić information content (AvgIpc) is 2.78. The molecule has 0 unspecified atom stereocenters. The summed E-state index contributed by atoms with van der Waals surface area (Å²) in [5.74, 6) is 0.00798. The minimum absolute atomic E-state index is 0.0244. The van der Waals surface area contributed by atoms with Gasteiger partial charge in [-0.3, -0.25) is 0 Å². The van der Waals surface area contributed by atoms with Crippen LogP contribution in [0.25, 0.3) is 0 Å². The lowest BCUT2D eigenvalue weighted by atomic mass is 10.00. The summed E-state index contributed by atoms with van der Waals surface area (Å²) in [6, 6.07) is 10.7. The van der Waals surface area contributed by atoms with Gasteiger partial charge in [0.05, 0.1) is 4.90 Å². The Morgan fingerprint density at radius 2 is 1.50 bits per heavy atom. The van der Waals surface area contributed by atoms with Gasteiger partial charge in [-0.15, -0.1) is 0 Å². The van der Waals surface area contributed by atoms with Crippen LogP contribution in [-0.4, -0.2) is 55.9 Å². The lowest BCUT2D eigenvalue weighted by molar-refractivity contribution is 0.0568. The van der Waals surface area contributed by atoms with Crippen molar-refractivity contribution >= 4 is 10.0 Å². The maximum Gasteiger partial charge on any atom is 0.243 e. The van der Waals surface area contributed by atoms with E-state index in [1.54, 1.807) is 22.5 Å². The first-order valence-corrected chi connectivity index (χ1v) is 12.9. The van der Waals surface area contributed by atoms with E-state index in [4.69, 9.17) is 4.74 Å². The van der Waals surface area contributed by atoms with Crippen molar-refractivity contribution in [1.29, 1.82) is 0 Å². The molecule has 4 rings (SSSR count). The Kier molecular flexibility index (Phi) is 6.89. The van der Waals surface area contributed by atoms with Crippen LogP contribution in [0.4, 0.5) is 4.39 Å². The number of rotatable bonds is 5. The number of piperidine rings is 2. The van der Waals surface area contributed by atoms with Gasteiger partial charge < -0.3 is 9.64 Å². The number of hydrogen-bond donors (Lipinski definition) is 0. The highest BCUT2D eigenvalue weighted by Gasteiger charge is 2.34. The van der Waals surface area contributed by atoms with E-state index in [0.29, 0.717) is 29.8 Å². The van der Waals surface area contributed by atoms with Crippen LogP contribution in [0.2, 0.25) is 0 Å². The standard InChI is InChI=1S/C25H33FN2O3S/c1-18-16-20(3)25(17-19(18)2)32(29,30)28-14-8-21(9-15-28)27-12-10-22(11-13-27)31-24-7-5-4-6-23(24)26/h4-7,16-17,21-22H,8-15H2,1-3H3. The van der Waals surface area contributed by atoms with Crippen LogP contribution in [0.3, 0.4) is 0 Å². The van der Waals surface area contributed by atoms with Crippen molar-refractivity contribution in [1.82, 2.24) is 9.21 Å². The molecule has 0 saturated carbocycles. The zero-order chi connectivity index (χ0) is 22.9. The number of halogens is 1. The summed E-state index contributed by atoms with van der Waals surface area (Å²) in [7, 11) is -3.47. The summed E-state index contributed by atoms with van der Waals surface area (Å²) in [6.45, 7) is 8.73. The summed E-state index contributed by atoms with van der Waals surface area (Å²) in [4.78, 5) is 2.89. The number of likely N-dealkylation sites (tertiary alicyclic amines) is 1. The van der Waals surface area contributed by atoms with Gasteiger partial charge in [-0.25, -0.2) is 12.8 Å². The molecule has 0 atom stereocenters. The maximum atomic E-state index is 13.8. The molecule has 2 aromatic carbocycles. The molecule has 0 amide bonds. The molecule has 32 heavy (non-hydrogen) atoms. The van der Waals surface area contributed by atoms with E-state index in [2.05, 4.69) is 4.90 Å². The summed E-state index contributed by atoms with van der Waals surface area (Å²) < 4.78 is 47.9. The second-order valence-corrected chi connectivity index (χ2v) is 11.0. The molecule has 0 radical (unpaired) electrons. The van der Waals surface area contributed by atoms with Crippen LogP contribution < -0.4 is 4.74 Å². The zero-order valence-electron chi connectivity index (χ0n) is 19.2. The first-order chi connectivity index (χ1) is 15.3. The highest BCUT2D eigenvalue weighted by molar-refractivity contribution is 7.89. The van der Waals surface area contributed by atoms with Crippen molar-refractivity contribution in [3.05, 3.63) is 58.9 Å². The van der Waals surface area contributed by atoms with E-state index in [9.17, 15) is 12.8 Å². The number of sulfonamides is 1. The Morgan fingerprint density at radius 3 is 2.16 bits per heavy atom. The summed E-state index contributed by atoms with van der Waals surface area (Å²) in [6.07, 6.45) is 3.41. The van der Waals surface area contributed by atoms with Crippen molar-refractivity contribution in [3.63, 3.8) is 0 Å². The fourth-order valence-corrected chi connectivity index (χ4v) is 6.64. The highest BCUT2D eigenvalue weighted by atomic mass is 32.2. The third-order valence-electron chi connectivity index (χ3n) is 6.96. The molecule has 2 heterocycles. The Labute approximate surface area is 191 Å². The molecule has 2 fully saturated rings. The second-order valence-electron chi connectivity index (χ2n) is 9.12. The highest BCUT2D eigenvalue weighted by Crippen LogP contribution is 2.29. The van der Waals surface area contributed by atoms with Crippen molar-refractivity contribution in [3.8, 4) is 5.75 Å². The van der Waals surface area contributed by atoms with Crippen LogP contribution in [0.1, 0.15) is 42.4 Å². The van der Waals surface area contributed by atoms with E-state index >= 15 is 0 Å². The van der Waals surface area contributed by atoms with E-state index < -0.39 is 10.0 Å². The number of nitrogens with zero attached hydrogens (tertiary/aromatic N) is 2. The Morgan fingerprint density at radius 1 is 0.875 bits per heavy atom. The summed E-state index contributed by atoms with van der Waals surface area (Å²) in [5.41, 5.74) is 2.93. The van der Waals surface area contributed by atoms with Gasteiger partial charge in [-0.1, -0.05) is 18.2 Å². The second kappa shape index (κ2) is 9.49. The largest absolute Gasteiger partial charge is 0.487 e. The van der Waals surface area contributed by atoms with Gasteiger partial charge in [-0.2, -0.15) is 4.31 Å². The molecular weight excluding hydrogens is 427 g/mol. The lowest BCUT2D eigenvalue weighted by Gasteiger charge is -2.41. The van der Waals surface area contributed by atoms with Crippen molar-refractivity contribution in [2.24, 2.45) is 0 Å². The van der Waals surface area contributed by atoms with Gasteiger partial charge in [0.25, 0.3) is 0 Å². The van der Waals surface area contributed by atoms with Crippen LogP contribution in [0.15, 0.2) is 41.3 Å². The van der Waals surface area contributed by atoms with Gasteiger partial charge in [-0.05, 0) is 81.3 Å². The minimum atomic E-state index is -3.47. The molecule has 7 heteroatoms. The number of benzene rings is 2. The Hall–Kier alpha value is -1.96. The Balaban J connectivity index is 1.32. The molecule has 0 bridgehead atoms. The number of para-hydroxylation sites is 1. The predicted molar refractivity (Wildman–Crippen MR) is 124 cm³/mol. The SMILES string of the molecule is Cc1cc(C)c(S(=O)(=O)N2CCC(N3CCC(Oc4ccccc4F)CC3)CC2)cc1C. The van der Waals surface area contributed by atoms with Gasteiger partial charge in [0.15, 0.2) is 11.6 Å². The van der Waals surface area contributed by atoms with Gasteiger partial charge in [0.1, 0.15) is 6.10 Å². The molecule has 2 aliphatic heterocycles. The first-order valence-electron chi connectivity index (χ1n) is 11.5. The summed E-state index contributed by atoms with van der Waals surface area (Å²) >= 11 is 0. The number of hydrogen-bond acceptors (Lipinski definition) is 4. The lowest BCUT2D eigenvalue weighted by Crippen LogP contribution is -2.50. The van der Waals surface area contributed by atoms with Crippen LogP contribution in [0.5, 0.6) is 5.75 Å². The predicted octanol–water partition coefficient (Wildman–Crippen LogP) is 4.45. The average molecular weight is 461 g/mol. The molecule has 2 aliphatic rings. The van der Waals surface area contributed by atoms with Crippen molar-refractivity contribution in [2.75, 3.05) is 26.2 Å². The van der Waals surface area contributed by atoms with Crippen molar-refractivity contribution in [2.45, 2.75) is 63.5 Å². The molecule has 2 aromatic rings. The first kappa shape index (κ1) is 23.2. The van der Waals surface area contributed by atoms with E-state index in [0.717, 1.165) is 55.5 Å². The number of ether oxygens (including phenoxy) is 1. The van der Waals surface area contributed by atoms with Crippen LogP contribution in [-0.2, 0) is 10.0 Å². The fraction of sp³-hybridized carbons (Fsp3) is 0.520. The fourth-order valence-electron chi connectivity index (χ4n) is 4.88. The third kappa shape index (κ3) is 4.85. The van der Waals surface area contributed by atoms with Crippen LogP contribution >= 0.6 is 0 Å². The maximum absolute atomic E-state index is 13.8. The minimum Gasteiger partial charge on any atom is -0.487 e. The molecular formula is C25H33FN2O3S. The van der Waals surface area contributed by atoms with Gasteiger partial charge >= 0.3 is 0 Å². The van der Waals surface area contributed by atoms with E-state index in [1.807, 2.05) is 32.9 Å². The molecule has 0 aliphatic carbocycles. The third-order valence-corrected chi connectivity index (χ3v) is 9.00. The molecule has 0 spiro atoms. The Bertz CT molecular complexity index is 1060. The molecule has 174 valence electrons. The zero-order valence-corrected chi connectivity index (χ0v) is 20.0. The van der Waals surface area contributed by atoms with Gasteiger partial charge in [0, 0.05) is 32.2 Å². The topological polar surface area (TPSA) is 49.9 Å². The van der Waals surface area contributed by atoms with Crippen LogP contribution in [0, 0.1) is 26.6 Å². The number of aryl methyl sites for hydroxylation is 3. The van der Waals surface area contributed by atoms with Crippen molar-refractivity contribution < 1.29 is 17.5 Å². The molecule has 0 aromatic heterocycles. The van der Waals surface area contributed by atoms with Gasteiger partial charge in [0.2, 0.25) is 10.0 Å². The van der Waals surface area contributed by atoms with E-state index in [-0.39, 0.29) is 11.9 Å². The molecule has 0 N–H and O–H groups in total. The molecule has 2 saturated heterocycles.